The third-order valence-corrected chi connectivity index (χ3v) is 11.7. The molecule has 53 heavy (non-hydrogen) atoms. The Hall–Kier alpha value is -6.70. The molecule has 1 spiro atoms. The molecule has 0 saturated carbocycles. The van der Waals surface area contributed by atoms with Gasteiger partial charge in [0.2, 0.25) is 0 Å². The molecule has 0 aliphatic heterocycles. The summed E-state index contributed by atoms with van der Waals surface area (Å²) in [6, 6.07) is 72.2. The summed E-state index contributed by atoms with van der Waals surface area (Å²) in [5.74, 6) is 0. The van der Waals surface area contributed by atoms with Gasteiger partial charge in [-0.2, -0.15) is 0 Å². The number of aryl methyl sites for hydroxylation is 1. The smallest absolute Gasteiger partial charge is 0.0725 e. The van der Waals surface area contributed by atoms with Crippen LogP contribution in [0.2, 0.25) is 0 Å². The molecule has 0 atom stereocenters. The van der Waals surface area contributed by atoms with E-state index in [0.29, 0.717) is 0 Å². The zero-order chi connectivity index (χ0) is 35.1. The fourth-order valence-corrected chi connectivity index (χ4v) is 9.52. The van der Waals surface area contributed by atoms with Gasteiger partial charge in [-0.1, -0.05) is 169 Å². The number of anilines is 3. The van der Waals surface area contributed by atoms with Gasteiger partial charge in [0.15, 0.2) is 0 Å². The molecule has 9 aromatic rings. The topological polar surface area (TPSA) is 3.24 Å². The summed E-state index contributed by atoms with van der Waals surface area (Å²) in [5.41, 5.74) is 17.4. The largest absolute Gasteiger partial charge is 0.310 e. The minimum Gasteiger partial charge on any atom is -0.310 e. The van der Waals surface area contributed by atoms with Crippen LogP contribution in [0.4, 0.5) is 17.1 Å². The lowest BCUT2D eigenvalue weighted by atomic mass is 9.70. The van der Waals surface area contributed by atoms with Crippen LogP contribution in [-0.4, -0.2) is 0 Å². The number of nitrogens with zero attached hydrogens (tertiary/aromatic N) is 1. The van der Waals surface area contributed by atoms with E-state index in [9.17, 15) is 0 Å². The van der Waals surface area contributed by atoms with Crippen molar-refractivity contribution in [1.82, 2.24) is 0 Å². The summed E-state index contributed by atoms with van der Waals surface area (Å²) in [4.78, 5) is 2.48. The van der Waals surface area contributed by atoms with E-state index in [-0.39, 0.29) is 5.41 Å². The first kappa shape index (κ1) is 30.0. The SMILES string of the molecule is Cc1ccc(N(c2ccc3c(c2)-c2ccccc2C32c3ccccc3-c3ccccc32)c2ccc3ccccc3c2-c2cccc3ccccc23)cc1. The lowest BCUT2D eigenvalue weighted by Crippen LogP contribution is -2.25. The van der Waals surface area contributed by atoms with Crippen LogP contribution in [0.1, 0.15) is 27.8 Å². The highest BCUT2D eigenvalue weighted by Gasteiger charge is 2.51. The second-order valence-corrected chi connectivity index (χ2v) is 14.5. The molecule has 0 fully saturated rings. The Morgan fingerprint density at radius 1 is 0.358 bits per heavy atom. The molecule has 0 N–H and O–H groups in total. The average molecular weight is 674 g/mol. The van der Waals surface area contributed by atoms with E-state index in [1.54, 1.807) is 0 Å². The predicted octanol–water partition coefficient (Wildman–Crippen LogP) is 13.8. The molecule has 248 valence electrons. The Labute approximate surface area is 310 Å². The van der Waals surface area contributed by atoms with E-state index in [2.05, 4.69) is 206 Å². The molecule has 2 aliphatic carbocycles. The van der Waals surface area contributed by atoms with E-state index < -0.39 is 0 Å². The molecule has 0 saturated heterocycles. The monoisotopic (exact) mass is 673 g/mol. The Balaban J connectivity index is 1.21. The fraction of sp³-hybridized carbons (Fsp3) is 0.0385. The number of hydrogen-bond acceptors (Lipinski definition) is 1. The first-order valence-electron chi connectivity index (χ1n) is 18.5. The summed E-state index contributed by atoms with van der Waals surface area (Å²) in [6.07, 6.45) is 0. The molecular weight excluding hydrogens is 639 g/mol. The van der Waals surface area contributed by atoms with Gasteiger partial charge in [0.1, 0.15) is 0 Å². The Bertz CT molecular complexity index is 2860. The van der Waals surface area contributed by atoms with Crippen LogP contribution in [0, 0.1) is 6.92 Å². The maximum Gasteiger partial charge on any atom is 0.0725 e. The van der Waals surface area contributed by atoms with Gasteiger partial charge in [0.25, 0.3) is 0 Å². The lowest BCUT2D eigenvalue weighted by Gasteiger charge is -2.32. The molecule has 2 aliphatic rings. The molecule has 9 aromatic carbocycles. The van der Waals surface area contributed by atoms with Crippen LogP contribution >= 0.6 is 0 Å². The van der Waals surface area contributed by atoms with Crippen molar-refractivity contribution in [2.24, 2.45) is 0 Å². The zero-order valence-corrected chi connectivity index (χ0v) is 29.4. The third kappa shape index (κ3) is 4.19. The highest BCUT2D eigenvalue weighted by Crippen LogP contribution is 2.63. The molecular formula is C52H35N. The van der Waals surface area contributed by atoms with Gasteiger partial charge in [-0.15, -0.1) is 0 Å². The van der Waals surface area contributed by atoms with Gasteiger partial charge in [-0.3, -0.25) is 0 Å². The standard InChI is InChI=1S/C52H35N/c1-34-25-28-37(29-26-34)53(50-32-27-36-14-3-5-17-40(36)51(50)44-21-12-15-35-13-2-4-16-39(35)44)38-30-31-49-45(33-38)43-20-8-11-24-48(43)52(49)46-22-9-6-18-41(46)42-19-7-10-23-47(42)52/h2-33H,1H3. The van der Waals surface area contributed by atoms with Crippen LogP contribution in [0.15, 0.2) is 194 Å². The van der Waals surface area contributed by atoms with Crippen molar-refractivity contribution in [3.8, 4) is 33.4 Å². The van der Waals surface area contributed by atoms with Crippen molar-refractivity contribution in [3.05, 3.63) is 222 Å². The van der Waals surface area contributed by atoms with Gasteiger partial charge in [-0.05, 0) is 109 Å². The summed E-state index contributed by atoms with van der Waals surface area (Å²) >= 11 is 0. The molecule has 0 radical (unpaired) electrons. The maximum atomic E-state index is 2.48. The van der Waals surface area contributed by atoms with Crippen LogP contribution in [0.3, 0.4) is 0 Å². The van der Waals surface area contributed by atoms with Gasteiger partial charge >= 0.3 is 0 Å². The van der Waals surface area contributed by atoms with E-state index >= 15 is 0 Å². The fourth-order valence-electron chi connectivity index (χ4n) is 9.52. The third-order valence-electron chi connectivity index (χ3n) is 11.7. The van der Waals surface area contributed by atoms with Crippen LogP contribution < -0.4 is 4.90 Å². The lowest BCUT2D eigenvalue weighted by molar-refractivity contribution is 0.794. The van der Waals surface area contributed by atoms with Gasteiger partial charge in [-0.25, -0.2) is 0 Å². The number of hydrogen-bond donors (Lipinski definition) is 0. The van der Waals surface area contributed by atoms with E-state index in [1.807, 2.05) is 0 Å². The molecule has 11 rings (SSSR count). The van der Waals surface area contributed by atoms with E-state index in [4.69, 9.17) is 0 Å². The molecule has 1 heteroatoms. The van der Waals surface area contributed by atoms with Crippen molar-refractivity contribution < 1.29 is 0 Å². The van der Waals surface area contributed by atoms with Crippen LogP contribution in [0.5, 0.6) is 0 Å². The van der Waals surface area contributed by atoms with Gasteiger partial charge in [0, 0.05) is 16.9 Å². The van der Waals surface area contributed by atoms with Crippen molar-refractivity contribution >= 4 is 38.6 Å². The molecule has 0 heterocycles. The van der Waals surface area contributed by atoms with Crippen LogP contribution in [0.25, 0.3) is 54.9 Å². The second-order valence-electron chi connectivity index (χ2n) is 14.5. The average Bonchev–Trinajstić information content (AvgIpc) is 3.68. The summed E-state index contributed by atoms with van der Waals surface area (Å²) in [6.45, 7) is 2.16. The molecule has 1 nitrogen and oxygen atoms in total. The Morgan fingerprint density at radius 2 is 0.849 bits per heavy atom. The van der Waals surface area contributed by atoms with Crippen molar-refractivity contribution in [2.75, 3.05) is 4.90 Å². The Morgan fingerprint density at radius 3 is 1.53 bits per heavy atom. The summed E-state index contributed by atoms with van der Waals surface area (Å²) < 4.78 is 0. The first-order valence-corrected chi connectivity index (χ1v) is 18.5. The summed E-state index contributed by atoms with van der Waals surface area (Å²) in [5, 5.41) is 4.96. The highest BCUT2D eigenvalue weighted by atomic mass is 15.1. The summed E-state index contributed by atoms with van der Waals surface area (Å²) in [7, 11) is 0. The number of rotatable bonds is 4. The van der Waals surface area contributed by atoms with Gasteiger partial charge < -0.3 is 4.90 Å². The van der Waals surface area contributed by atoms with Crippen molar-refractivity contribution in [1.29, 1.82) is 0 Å². The second kappa shape index (κ2) is 11.4. The van der Waals surface area contributed by atoms with Crippen molar-refractivity contribution in [2.45, 2.75) is 12.3 Å². The van der Waals surface area contributed by atoms with Gasteiger partial charge in [0.05, 0.1) is 11.1 Å². The first-order chi connectivity index (χ1) is 26.2. The molecule has 0 aromatic heterocycles. The van der Waals surface area contributed by atoms with E-state index in [0.717, 1.165) is 17.1 Å². The molecule has 0 bridgehead atoms. The minimum atomic E-state index is -0.372. The van der Waals surface area contributed by atoms with Crippen LogP contribution in [-0.2, 0) is 5.41 Å². The van der Waals surface area contributed by atoms with Crippen molar-refractivity contribution in [3.63, 3.8) is 0 Å². The minimum absolute atomic E-state index is 0.372. The molecule has 0 amide bonds. The quantitative estimate of drug-likeness (QED) is 0.180. The normalized spacial score (nSPS) is 13.2. The predicted molar refractivity (Wildman–Crippen MR) is 223 cm³/mol. The maximum absolute atomic E-state index is 2.48. The Kier molecular flexibility index (Phi) is 6.45. The zero-order valence-electron chi connectivity index (χ0n) is 29.4. The number of benzene rings is 9. The van der Waals surface area contributed by atoms with E-state index in [1.165, 1.54) is 82.7 Å². The highest BCUT2D eigenvalue weighted by molar-refractivity contribution is 6.11. The number of fused-ring (bicyclic) bond motifs is 12. The molecule has 0 unspecified atom stereocenters.